The molecule has 0 unspecified atom stereocenters. The van der Waals surface area contributed by atoms with Crippen LogP contribution in [-0.4, -0.2) is 0 Å². The number of benzene rings is 1. The van der Waals surface area contributed by atoms with E-state index in [1.54, 1.807) is 0 Å². The van der Waals surface area contributed by atoms with E-state index < -0.39 is 0 Å². The van der Waals surface area contributed by atoms with Crippen molar-refractivity contribution in [1.82, 2.24) is 0 Å². The monoisotopic (exact) mass is 195 g/mol. The van der Waals surface area contributed by atoms with Crippen LogP contribution in [0.3, 0.4) is 0 Å². The third-order valence-corrected chi connectivity index (χ3v) is 1.02. The van der Waals surface area contributed by atoms with Crippen molar-refractivity contribution in [3.63, 3.8) is 0 Å². The van der Waals surface area contributed by atoms with Crippen LogP contribution in [0.15, 0.2) is 24.3 Å². The Morgan fingerprint density at radius 3 is 2.22 bits per heavy atom. The molecule has 0 aliphatic carbocycles. The summed E-state index contributed by atoms with van der Waals surface area (Å²) in [5, 5.41) is 0. The zero-order chi connectivity index (χ0) is 5.82. The molecule has 0 atom stereocenters. The van der Waals surface area contributed by atoms with E-state index in [1.807, 2.05) is 24.3 Å². The second-order valence-electron chi connectivity index (χ2n) is 1.61. The van der Waals surface area contributed by atoms with E-state index in [9.17, 15) is 0 Å². The van der Waals surface area contributed by atoms with Gasteiger partial charge in [0.1, 0.15) is 0 Å². The standard InChI is InChI=1S/C7H8N.Y/c8-6-7-4-2-1-3-5-7;/h2-5H,6,8H2;/q-1;. The van der Waals surface area contributed by atoms with Crippen molar-refractivity contribution in [2.24, 2.45) is 5.73 Å². The molecule has 0 saturated heterocycles. The molecule has 0 amide bonds. The Morgan fingerprint density at radius 1 is 1.33 bits per heavy atom. The first-order chi connectivity index (χ1) is 3.93. The minimum atomic E-state index is 0. The molecule has 0 fully saturated rings. The minimum absolute atomic E-state index is 0. The van der Waals surface area contributed by atoms with Crippen molar-refractivity contribution < 1.29 is 32.7 Å². The van der Waals surface area contributed by atoms with Gasteiger partial charge in [-0.1, -0.05) is 0 Å². The summed E-state index contributed by atoms with van der Waals surface area (Å²) in [6.45, 7) is 0.620. The van der Waals surface area contributed by atoms with Crippen LogP contribution in [0, 0.1) is 6.07 Å². The molecule has 1 radical (unpaired) electrons. The molecule has 1 aromatic carbocycles. The summed E-state index contributed by atoms with van der Waals surface area (Å²) in [5.74, 6) is 0. The summed E-state index contributed by atoms with van der Waals surface area (Å²) in [6.07, 6.45) is 0. The first-order valence-electron chi connectivity index (χ1n) is 2.58. The predicted octanol–water partition coefficient (Wildman–Crippen LogP) is 0.943. The van der Waals surface area contributed by atoms with Crippen LogP contribution in [0.2, 0.25) is 0 Å². The summed E-state index contributed by atoms with van der Waals surface area (Å²) in [6, 6.07) is 10.6. The topological polar surface area (TPSA) is 26.0 Å². The van der Waals surface area contributed by atoms with Crippen molar-refractivity contribution in [3.05, 3.63) is 35.9 Å². The van der Waals surface area contributed by atoms with E-state index in [2.05, 4.69) is 6.07 Å². The number of nitrogens with two attached hydrogens (primary N) is 1. The molecule has 0 bridgehead atoms. The van der Waals surface area contributed by atoms with E-state index >= 15 is 0 Å². The van der Waals surface area contributed by atoms with Crippen LogP contribution in [0.4, 0.5) is 0 Å². The number of hydrogen-bond acceptors (Lipinski definition) is 1. The van der Waals surface area contributed by atoms with Crippen LogP contribution in [0.5, 0.6) is 0 Å². The van der Waals surface area contributed by atoms with Gasteiger partial charge in [-0.3, -0.25) is 0 Å². The predicted molar refractivity (Wildman–Crippen MR) is 33.2 cm³/mol. The number of hydrogen-bond donors (Lipinski definition) is 1. The van der Waals surface area contributed by atoms with Gasteiger partial charge in [-0.05, 0) is 6.54 Å². The molecule has 0 heterocycles. The van der Waals surface area contributed by atoms with Crippen LogP contribution < -0.4 is 5.73 Å². The fourth-order valence-electron chi connectivity index (χ4n) is 0.557. The van der Waals surface area contributed by atoms with Gasteiger partial charge in [0, 0.05) is 32.7 Å². The molecule has 0 spiro atoms. The SMILES string of the molecule is NCc1cc[c-]cc1.[Y]. The van der Waals surface area contributed by atoms with E-state index in [0.29, 0.717) is 6.54 Å². The van der Waals surface area contributed by atoms with Crippen molar-refractivity contribution >= 4 is 0 Å². The zero-order valence-electron chi connectivity index (χ0n) is 5.17. The van der Waals surface area contributed by atoms with Crippen LogP contribution >= 0.6 is 0 Å². The average Bonchev–Trinajstić information content (AvgIpc) is 1.90. The molecule has 0 aliphatic heterocycles. The Bertz CT molecular complexity index is 150. The minimum Gasteiger partial charge on any atom is -0.328 e. The maximum Gasteiger partial charge on any atom is 0 e. The van der Waals surface area contributed by atoms with Gasteiger partial charge in [0.05, 0.1) is 0 Å². The normalized spacial score (nSPS) is 8.11. The van der Waals surface area contributed by atoms with E-state index in [1.165, 1.54) is 0 Å². The van der Waals surface area contributed by atoms with Crippen molar-refractivity contribution in [2.45, 2.75) is 6.54 Å². The fraction of sp³-hybridized carbons (Fsp3) is 0.143. The van der Waals surface area contributed by atoms with Crippen molar-refractivity contribution in [1.29, 1.82) is 0 Å². The average molecular weight is 195 g/mol. The Morgan fingerprint density at radius 2 is 1.89 bits per heavy atom. The van der Waals surface area contributed by atoms with Gasteiger partial charge in [0.25, 0.3) is 0 Å². The van der Waals surface area contributed by atoms with Crippen LogP contribution in [-0.2, 0) is 39.3 Å². The molecule has 2 heteroatoms. The third-order valence-electron chi connectivity index (χ3n) is 1.02. The summed E-state index contributed by atoms with van der Waals surface area (Å²) in [5.41, 5.74) is 6.49. The first kappa shape index (κ1) is 9.28. The molecule has 1 nitrogen and oxygen atoms in total. The van der Waals surface area contributed by atoms with Crippen molar-refractivity contribution in [3.8, 4) is 0 Å². The van der Waals surface area contributed by atoms with Crippen LogP contribution in [0.25, 0.3) is 0 Å². The largest absolute Gasteiger partial charge is 0.328 e. The number of rotatable bonds is 1. The molecule has 2 N–H and O–H groups in total. The van der Waals surface area contributed by atoms with Gasteiger partial charge in [-0.15, -0.1) is 5.56 Å². The second kappa shape index (κ2) is 5.10. The molecule has 0 aliphatic rings. The molecule has 0 saturated carbocycles. The molecular weight excluding hydrogens is 187 g/mol. The maximum atomic E-state index is 5.34. The van der Waals surface area contributed by atoms with Crippen molar-refractivity contribution in [2.75, 3.05) is 0 Å². The van der Waals surface area contributed by atoms with Gasteiger partial charge in [0.2, 0.25) is 0 Å². The summed E-state index contributed by atoms with van der Waals surface area (Å²) in [4.78, 5) is 0. The molecule has 1 rings (SSSR count). The van der Waals surface area contributed by atoms with Gasteiger partial charge in [-0.2, -0.15) is 30.3 Å². The van der Waals surface area contributed by atoms with E-state index in [0.717, 1.165) is 5.56 Å². The van der Waals surface area contributed by atoms with E-state index in [-0.39, 0.29) is 32.7 Å². The molecule has 0 aromatic heterocycles. The molecule has 9 heavy (non-hydrogen) atoms. The maximum absolute atomic E-state index is 5.34. The van der Waals surface area contributed by atoms with Gasteiger partial charge >= 0.3 is 0 Å². The Labute approximate surface area is 80.5 Å². The third kappa shape index (κ3) is 3.09. The molecule has 45 valence electrons. The Hall–Kier alpha value is 0.284. The first-order valence-corrected chi connectivity index (χ1v) is 2.58. The second-order valence-corrected chi connectivity index (χ2v) is 1.61. The van der Waals surface area contributed by atoms with Gasteiger partial charge in [-0.25, -0.2) is 0 Å². The summed E-state index contributed by atoms with van der Waals surface area (Å²) >= 11 is 0. The quantitative estimate of drug-likeness (QED) is 0.663. The molecule has 1 aromatic rings. The summed E-state index contributed by atoms with van der Waals surface area (Å²) < 4.78 is 0. The smallest absolute Gasteiger partial charge is 0 e. The molecular formula is C7H8NY-. The Kier molecular flexibility index (Phi) is 5.26. The van der Waals surface area contributed by atoms with Gasteiger partial charge < -0.3 is 5.73 Å². The fourth-order valence-corrected chi connectivity index (χ4v) is 0.557. The Balaban J connectivity index is 0.000000640. The van der Waals surface area contributed by atoms with E-state index in [4.69, 9.17) is 5.73 Å². The van der Waals surface area contributed by atoms with Gasteiger partial charge in [0.15, 0.2) is 0 Å². The van der Waals surface area contributed by atoms with Crippen LogP contribution in [0.1, 0.15) is 5.56 Å². The summed E-state index contributed by atoms with van der Waals surface area (Å²) in [7, 11) is 0. The zero-order valence-corrected chi connectivity index (χ0v) is 8.01.